The molecule has 4 heteroatoms. The van der Waals surface area contributed by atoms with Crippen molar-refractivity contribution in [1.82, 2.24) is 4.98 Å². The zero-order valence-corrected chi connectivity index (χ0v) is 17.1. The standard InChI is InChI=1S/C12H15NO.C10H20F2/c1-9-6-7-12(13-8-9)14-10(2)11-4-3-5-11;1-4-6-7-10(11,12)8-9(3)5-2/h6-8H,3-5H2,1-2H3;9H,4-8H2,1-3H3. The molecule has 0 aromatic carbocycles. The SMILES string of the molecule is CC(Oc1ccc(C)cn1)=C1CCC1.CCCCC(F)(F)CC(C)CC. The first-order valence-electron chi connectivity index (χ1n) is 9.94. The van der Waals surface area contributed by atoms with Crippen LogP contribution >= 0.6 is 0 Å². The number of rotatable bonds is 8. The molecule has 2 rings (SSSR count). The van der Waals surface area contributed by atoms with E-state index in [-0.39, 0.29) is 18.8 Å². The van der Waals surface area contributed by atoms with Crippen LogP contribution in [0.25, 0.3) is 0 Å². The van der Waals surface area contributed by atoms with Gasteiger partial charge in [-0.25, -0.2) is 13.8 Å². The number of allylic oxidation sites excluding steroid dienone is 2. The van der Waals surface area contributed by atoms with Gasteiger partial charge in [-0.3, -0.25) is 0 Å². The fourth-order valence-electron chi connectivity index (χ4n) is 2.64. The number of aryl methyl sites for hydroxylation is 1. The van der Waals surface area contributed by atoms with E-state index in [1.54, 1.807) is 0 Å². The van der Waals surface area contributed by atoms with Crippen LogP contribution in [0.1, 0.15) is 84.6 Å². The van der Waals surface area contributed by atoms with Crippen molar-refractivity contribution in [2.45, 2.75) is 91.9 Å². The Labute approximate surface area is 158 Å². The smallest absolute Gasteiger partial charge is 0.248 e. The molecule has 1 unspecified atom stereocenters. The van der Waals surface area contributed by atoms with E-state index in [2.05, 4.69) is 4.98 Å². The molecule has 0 saturated heterocycles. The Balaban J connectivity index is 0.000000265. The van der Waals surface area contributed by atoms with Crippen molar-refractivity contribution in [3.05, 3.63) is 35.2 Å². The van der Waals surface area contributed by atoms with E-state index in [9.17, 15) is 8.78 Å². The van der Waals surface area contributed by atoms with Crippen molar-refractivity contribution in [3.63, 3.8) is 0 Å². The third-order valence-corrected chi connectivity index (χ3v) is 4.84. The second kappa shape index (κ2) is 11.3. The lowest BCUT2D eigenvalue weighted by molar-refractivity contribution is -0.0310. The maximum atomic E-state index is 13.0. The molecule has 0 aliphatic heterocycles. The second-order valence-electron chi connectivity index (χ2n) is 7.47. The summed E-state index contributed by atoms with van der Waals surface area (Å²) in [5, 5.41) is 0. The summed E-state index contributed by atoms with van der Waals surface area (Å²) in [4.78, 5) is 4.20. The van der Waals surface area contributed by atoms with Crippen molar-refractivity contribution in [2.75, 3.05) is 0 Å². The monoisotopic (exact) mass is 367 g/mol. The Morgan fingerprint density at radius 1 is 1.27 bits per heavy atom. The Morgan fingerprint density at radius 2 is 1.96 bits per heavy atom. The number of hydrogen-bond acceptors (Lipinski definition) is 2. The maximum absolute atomic E-state index is 13.0. The minimum atomic E-state index is -2.43. The molecule has 1 aromatic heterocycles. The van der Waals surface area contributed by atoms with Crippen LogP contribution in [0.2, 0.25) is 0 Å². The molecule has 1 aliphatic carbocycles. The van der Waals surface area contributed by atoms with Crippen molar-refractivity contribution in [1.29, 1.82) is 0 Å². The summed E-state index contributed by atoms with van der Waals surface area (Å²) in [6.45, 7) is 9.84. The van der Waals surface area contributed by atoms with E-state index < -0.39 is 5.92 Å². The van der Waals surface area contributed by atoms with E-state index in [0.717, 1.165) is 24.2 Å². The highest BCUT2D eigenvalue weighted by atomic mass is 19.3. The van der Waals surface area contributed by atoms with E-state index >= 15 is 0 Å². The lowest BCUT2D eigenvalue weighted by Crippen LogP contribution is -2.19. The average molecular weight is 368 g/mol. The van der Waals surface area contributed by atoms with E-state index in [4.69, 9.17) is 4.74 Å². The number of unbranched alkanes of at least 4 members (excludes halogenated alkanes) is 1. The fraction of sp³-hybridized carbons (Fsp3) is 0.682. The summed E-state index contributed by atoms with van der Waals surface area (Å²) in [5.41, 5.74) is 2.60. The van der Waals surface area contributed by atoms with Crippen LogP contribution < -0.4 is 4.74 Å². The number of aromatic nitrogens is 1. The number of pyridine rings is 1. The molecule has 1 fully saturated rings. The quantitative estimate of drug-likeness (QED) is 0.444. The van der Waals surface area contributed by atoms with Gasteiger partial charge in [0, 0.05) is 25.1 Å². The van der Waals surface area contributed by atoms with Gasteiger partial charge in [0.2, 0.25) is 11.8 Å². The fourth-order valence-corrected chi connectivity index (χ4v) is 2.64. The minimum Gasteiger partial charge on any atom is -0.444 e. The summed E-state index contributed by atoms with van der Waals surface area (Å²) < 4.78 is 31.7. The number of nitrogens with zero attached hydrogens (tertiary/aromatic N) is 1. The minimum absolute atomic E-state index is 0.0590. The predicted octanol–water partition coefficient (Wildman–Crippen LogP) is 7.47. The van der Waals surface area contributed by atoms with Crippen LogP contribution in [0.5, 0.6) is 5.88 Å². The Bertz CT molecular complexity index is 546. The lowest BCUT2D eigenvalue weighted by Gasteiger charge is -2.19. The Kier molecular flexibility index (Phi) is 9.82. The summed E-state index contributed by atoms with van der Waals surface area (Å²) in [7, 11) is 0. The molecule has 0 N–H and O–H groups in total. The van der Waals surface area contributed by atoms with Gasteiger partial charge >= 0.3 is 0 Å². The molecule has 1 atom stereocenters. The normalized spacial score (nSPS) is 14.8. The van der Waals surface area contributed by atoms with Gasteiger partial charge in [-0.15, -0.1) is 0 Å². The zero-order valence-electron chi connectivity index (χ0n) is 17.1. The summed E-state index contributed by atoms with van der Waals surface area (Å²) in [6.07, 6.45) is 7.99. The third-order valence-electron chi connectivity index (χ3n) is 4.84. The molecule has 1 heterocycles. The van der Waals surface area contributed by atoms with Crippen LogP contribution in [0, 0.1) is 12.8 Å². The number of ether oxygens (including phenoxy) is 1. The van der Waals surface area contributed by atoms with Gasteiger partial charge < -0.3 is 4.74 Å². The highest BCUT2D eigenvalue weighted by molar-refractivity contribution is 5.21. The molecule has 0 amide bonds. The molecular formula is C22H35F2NO. The molecule has 1 aliphatic rings. The average Bonchev–Trinajstić information content (AvgIpc) is 2.53. The van der Waals surface area contributed by atoms with Crippen molar-refractivity contribution >= 4 is 0 Å². The Morgan fingerprint density at radius 3 is 2.42 bits per heavy atom. The highest BCUT2D eigenvalue weighted by Gasteiger charge is 2.29. The first kappa shape index (κ1) is 22.6. The van der Waals surface area contributed by atoms with Gasteiger partial charge in [-0.05, 0) is 56.6 Å². The summed E-state index contributed by atoms with van der Waals surface area (Å²) >= 11 is 0. The maximum Gasteiger partial charge on any atom is 0.248 e. The van der Waals surface area contributed by atoms with Gasteiger partial charge in [0.15, 0.2) is 0 Å². The molecule has 0 spiro atoms. The number of alkyl halides is 2. The van der Waals surface area contributed by atoms with E-state index in [0.29, 0.717) is 12.3 Å². The first-order valence-corrected chi connectivity index (χ1v) is 9.94. The second-order valence-corrected chi connectivity index (χ2v) is 7.47. The van der Waals surface area contributed by atoms with Crippen LogP contribution in [-0.2, 0) is 0 Å². The molecule has 2 nitrogen and oxygen atoms in total. The van der Waals surface area contributed by atoms with Crippen LogP contribution in [0.4, 0.5) is 8.78 Å². The first-order chi connectivity index (χ1) is 12.3. The number of hydrogen-bond donors (Lipinski definition) is 0. The van der Waals surface area contributed by atoms with Crippen LogP contribution in [-0.4, -0.2) is 10.9 Å². The topological polar surface area (TPSA) is 22.1 Å². The van der Waals surface area contributed by atoms with Gasteiger partial charge in [0.1, 0.15) is 5.76 Å². The third kappa shape index (κ3) is 8.77. The van der Waals surface area contributed by atoms with Crippen molar-refractivity contribution in [3.8, 4) is 5.88 Å². The van der Waals surface area contributed by atoms with Crippen molar-refractivity contribution < 1.29 is 13.5 Å². The molecule has 148 valence electrons. The van der Waals surface area contributed by atoms with Crippen LogP contribution in [0.3, 0.4) is 0 Å². The molecule has 0 bridgehead atoms. The van der Waals surface area contributed by atoms with E-state index in [1.807, 2.05) is 52.9 Å². The molecule has 1 aromatic rings. The largest absolute Gasteiger partial charge is 0.444 e. The van der Waals surface area contributed by atoms with E-state index in [1.165, 1.54) is 24.8 Å². The van der Waals surface area contributed by atoms with Gasteiger partial charge in [-0.2, -0.15) is 0 Å². The molecule has 26 heavy (non-hydrogen) atoms. The predicted molar refractivity (Wildman–Crippen MR) is 105 cm³/mol. The van der Waals surface area contributed by atoms with Gasteiger partial charge in [0.05, 0.1) is 0 Å². The zero-order chi connectivity index (χ0) is 19.6. The lowest BCUT2D eigenvalue weighted by atomic mass is 9.91. The molecule has 1 saturated carbocycles. The summed E-state index contributed by atoms with van der Waals surface area (Å²) in [5.74, 6) is -0.539. The van der Waals surface area contributed by atoms with Crippen molar-refractivity contribution in [2.24, 2.45) is 5.92 Å². The van der Waals surface area contributed by atoms with Crippen LogP contribution in [0.15, 0.2) is 29.7 Å². The van der Waals surface area contributed by atoms with Gasteiger partial charge in [-0.1, -0.05) is 39.7 Å². The Hall–Kier alpha value is -1.45. The highest BCUT2D eigenvalue weighted by Crippen LogP contribution is 2.30. The molecule has 0 radical (unpaired) electrons. The molecular weight excluding hydrogens is 332 g/mol. The summed E-state index contributed by atoms with van der Waals surface area (Å²) in [6, 6.07) is 3.93. The van der Waals surface area contributed by atoms with Gasteiger partial charge in [0.25, 0.3) is 0 Å². The number of halogens is 2.